The van der Waals surface area contributed by atoms with Crippen LogP contribution in [0, 0.1) is 5.92 Å². The minimum atomic E-state index is 0.102. The lowest BCUT2D eigenvalue weighted by atomic mass is 9.99. The molecule has 0 radical (unpaired) electrons. The Bertz CT molecular complexity index is 257. The molecule has 2 saturated heterocycles. The Balaban J connectivity index is 1.79. The standard InChI is InChI=1S/C13H24N2O/c1-13(2)7-3-9-15(13)12(16)5-4-11-6-8-14-10-11/h11,14H,3-10H2,1-2H3. The molecule has 1 amide bonds. The summed E-state index contributed by atoms with van der Waals surface area (Å²) in [5.74, 6) is 1.10. The van der Waals surface area contributed by atoms with E-state index in [-0.39, 0.29) is 5.54 Å². The van der Waals surface area contributed by atoms with Crippen molar-refractivity contribution in [2.75, 3.05) is 19.6 Å². The number of carbonyl (C=O) groups excluding carboxylic acids is 1. The van der Waals surface area contributed by atoms with Gasteiger partial charge in [0.1, 0.15) is 0 Å². The third-order valence-corrected chi connectivity index (χ3v) is 4.13. The molecule has 1 unspecified atom stereocenters. The van der Waals surface area contributed by atoms with Gasteiger partial charge in [0.2, 0.25) is 5.91 Å². The lowest BCUT2D eigenvalue weighted by Gasteiger charge is -2.32. The molecule has 2 rings (SSSR count). The molecule has 0 bridgehead atoms. The molecule has 0 aromatic carbocycles. The fourth-order valence-electron chi connectivity index (χ4n) is 2.99. The van der Waals surface area contributed by atoms with Gasteiger partial charge in [-0.25, -0.2) is 0 Å². The summed E-state index contributed by atoms with van der Waals surface area (Å²) in [5, 5.41) is 3.36. The molecule has 0 aromatic heterocycles. The van der Waals surface area contributed by atoms with Crippen molar-refractivity contribution >= 4 is 5.91 Å². The number of likely N-dealkylation sites (tertiary alicyclic amines) is 1. The van der Waals surface area contributed by atoms with Gasteiger partial charge in [-0.3, -0.25) is 4.79 Å². The minimum absolute atomic E-state index is 0.102. The highest BCUT2D eigenvalue weighted by Gasteiger charge is 2.35. The van der Waals surface area contributed by atoms with Crippen LogP contribution in [-0.2, 0) is 4.79 Å². The first kappa shape index (κ1) is 11.9. The zero-order chi connectivity index (χ0) is 11.6. The van der Waals surface area contributed by atoms with Crippen LogP contribution in [0.5, 0.6) is 0 Å². The Morgan fingerprint density at radius 3 is 2.88 bits per heavy atom. The number of nitrogens with one attached hydrogen (secondary N) is 1. The number of hydrogen-bond donors (Lipinski definition) is 1. The van der Waals surface area contributed by atoms with Gasteiger partial charge in [-0.05, 0) is 58.5 Å². The van der Waals surface area contributed by atoms with Crippen molar-refractivity contribution in [1.29, 1.82) is 0 Å². The fourth-order valence-corrected chi connectivity index (χ4v) is 2.99. The van der Waals surface area contributed by atoms with Crippen molar-refractivity contribution in [1.82, 2.24) is 10.2 Å². The molecule has 2 aliphatic rings. The Labute approximate surface area is 98.6 Å². The van der Waals surface area contributed by atoms with E-state index in [0.717, 1.165) is 44.8 Å². The van der Waals surface area contributed by atoms with Crippen LogP contribution in [0.15, 0.2) is 0 Å². The summed E-state index contributed by atoms with van der Waals surface area (Å²) in [7, 11) is 0. The maximum absolute atomic E-state index is 12.1. The van der Waals surface area contributed by atoms with E-state index in [0.29, 0.717) is 5.91 Å². The predicted molar refractivity (Wildman–Crippen MR) is 65.2 cm³/mol. The van der Waals surface area contributed by atoms with E-state index in [1.807, 2.05) is 0 Å². The first-order chi connectivity index (χ1) is 7.59. The smallest absolute Gasteiger partial charge is 0.223 e. The Hall–Kier alpha value is -0.570. The molecule has 0 spiro atoms. The third-order valence-electron chi connectivity index (χ3n) is 4.13. The second-order valence-corrected chi connectivity index (χ2v) is 5.86. The van der Waals surface area contributed by atoms with Gasteiger partial charge >= 0.3 is 0 Å². The lowest BCUT2D eigenvalue weighted by molar-refractivity contribution is -0.134. The van der Waals surface area contributed by atoms with Gasteiger partial charge in [0, 0.05) is 18.5 Å². The highest BCUT2D eigenvalue weighted by atomic mass is 16.2. The van der Waals surface area contributed by atoms with Crippen molar-refractivity contribution < 1.29 is 4.79 Å². The van der Waals surface area contributed by atoms with Crippen molar-refractivity contribution in [3.05, 3.63) is 0 Å². The average molecular weight is 224 g/mol. The van der Waals surface area contributed by atoms with Crippen LogP contribution in [0.25, 0.3) is 0 Å². The van der Waals surface area contributed by atoms with Crippen molar-refractivity contribution in [3.63, 3.8) is 0 Å². The Kier molecular flexibility index (Phi) is 3.53. The first-order valence-corrected chi connectivity index (χ1v) is 6.61. The summed E-state index contributed by atoms with van der Waals surface area (Å²) in [5.41, 5.74) is 0.102. The zero-order valence-electron chi connectivity index (χ0n) is 10.6. The quantitative estimate of drug-likeness (QED) is 0.792. The second kappa shape index (κ2) is 4.74. The molecule has 0 aromatic rings. The molecule has 2 aliphatic heterocycles. The van der Waals surface area contributed by atoms with Gasteiger partial charge in [-0.2, -0.15) is 0 Å². The molecule has 16 heavy (non-hydrogen) atoms. The van der Waals surface area contributed by atoms with Crippen LogP contribution in [-0.4, -0.2) is 36.0 Å². The molecule has 3 heteroatoms. The fraction of sp³-hybridized carbons (Fsp3) is 0.923. The van der Waals surface area contributed by atoms with Gasteiger partial charge < -0.3 is 10.2 Å². The molecule has 92 valence electrons. The van der Waals surface area contributed by atoms with Crippen LogP contribution in [0.1, 0.15) is 46.0 Å². The highest BCUT2D eigenvalue weighted by molar-refractivity contribution is 5.77. The highest BCUT2D eigenvalue weighted by Crippen LogP contribution is 2.29. The SMILES string of the molecule is CC1(C)CCCN1C(=O)CCC1CCNC1. The minimum Gasteiger partial charge on any atom is -0.338 e. The third kappa shape index (κ3) is 2.57. The van der Waals surface area contributed by atoms with Crippen molar-refractivity contribution in [2.45, 2.75) is 51.5 Å². The monoisotopic (exact) mass is 224 g/mol. The molecule has 1 atom stereocenters. The molecular formula is C13H24N2O. The maximum atomic E-state index is 12.1. The van der Waals surface area contributed by atoms with E-state index in [1.54, 1.807) is 0 Å². The summed E-state index contributed by atoms with van der Waals surface area (Å²) in [4.78, 5) is 14.2. The van der Waals surface area contributed by atoms with E-state index in [1.165, 1.54) is 12.8 Å². The van der Waals surface area contributed by atoms with Gasteiger partial charge in [0.05, 0.1) is 0 Å². The molecule has 1 N–H and O–H groups in total. The van der Waals surface area contributed by atoms with E-state index in [4.69, 9.17) is 0 Å². The number of hydrogen-bond acceptors (Lipinski definition) is 2. The maximum Gasteiger partial charge on any atom is 0.223 e. The van der Waals surface area contributed by atoms with Gasteiger partial charge in [-0.1, -0.05) is 0 Å². The Morgan fingerprint density at radius 2 is 2.31 bits per heavy atom. The summed E-state index contributed by atoms with van der Waals surface area (Å²) < 4.78 is 0. The lowest BCUT2D eigenvalue weighted by Crippen LogP contribution is -2.42. The van der Waals surface area contributed by atoms with Gasteiger partial charge in [-0.15, -0.1) is 0 Å². The average Bonchev–Trinajstić information content (AvgIpc) is 2.83. The molecule has 0 saturated carbocycles. The van der Waals surface area contributed by atoms with E-state index in [2.05, 4.69) is 24.1 Å². The second-order valence-electron chi connectivity index (χ2n) is 5.86. The number of carbonyl (C=O) groups is 1. The number of nitrogens with zero attached hydrogens (tertiary/aromatic N) is 1. The Morgan fingerprint density at radius 1 is 1.50 bits per heavy atom. The van der Waals surface area contributed by atoms with Gasteiger partial charge in [0.15, 0.2) is 0 Å². The van der Waals surface area contributed by atoms with E-state index >= 15 is 0 Å². The summed E-state index contributed by atoms with van der Waals surface area (Å²) >= 11 is 0. The van der Waals surface area contributed by atoms with Crippen LogP contribution in [0.2, 0.25) is 0 Å². The molecule has 2 heterocycles. The normalized spacial score (nSPS) is 28.6. The topological polar surface area (TPSA) is 32.3 Å². The zero-order valence-corrected chi connectivity index (χ0v) is 10.6. The van der Waals surface area contributed by atoms with Crippen molar-refractivity contribution in [3.8, 4) is 0 Å². The largest absolute Gasteiger partial charge is 0.338 e. The predicted octanol–water partition coefficient (Wildman–Crippen LogP) is 1.78. The van der Waals surface area contributed by atoms with E-state index < -0.39 is 0 Å². The summed E-state index contributed by atoms with van der Waals surface area (Å²) in [6.45, 7) is 7.59. The van der Waals surface area contributed by atoms with Crippen LogP contribution >= 0.6 is 0 Å². The summed E-state index contributed by atoms with van der Waals surface area (Å²) in [6, 6.07) is 0. The number of amides is 1. The van der Waals surface area contributed by atoms with Gasteiger partial charge in [0.25, 0.3) is 0 Å². The van der Waals surface area contributed by atoms with Crippen LogP contribution in [0.4, 0.5) is 0 Å². The van der Waals surface area contributed by atoms with Crippen molar-refractivity contribution in [2.24, 2.45) is 5.92 Å². The van der Waals surface area contributed by atoms with E-state index in [9.17, 15) is 4.79 Å². The summed E-state index contributed by atoms with van der Waals surface area (Å²) in [6.07, 6.45) is 5.39. The molecular weight excluding hydrogens is 200 g/mol. The number of rotatable bonds is 3. The van der Waals surface area contributed by atoms with Crippen LogP contribution in [0.3, 0.4) is 0 Å². The first-order valence-electron chi connectivity index (χ1n) is 6.61. The molecule has 0 aliphatic carbocycles. The molecule has 3 nitrogen and oxygen atoms in total. The molecule has 2 fully saturated rings. The van der Waals surface area contributed by atoms with Crippen LogP contribution < -0.4 is 5.32 Å².